The van der Waals surface area contributed by atoms with Gasteiger partial charge in [0.15, 0.2) is 0 Å². The monoisotopic (exact) mass is 293 g/mol. The molecule has 3 heteroatoms. The van der Waals surface area contributed by atoms with Gasteiger partial charge in [-0.3, -0.25) is 4.90 Å². The Morgan fingerprint density at radius 2 is 1.57 bits per heavy atom. The molecule has 3 aliphatic rings. The van der Waals surface area contributed by atoms with Crippen molar-refractivity contribution in [2.45, 2.75) is 76.9 Å². The maximum atomic E-state index is 3.64. The molecular weight excluding hydrogens is 258 g/mol. The predicted molar refractivity (Wildman–Crippen MR) is 89.7 cm³/mol. The zero-order valence-corrected chi connectivity index (χ0v) is 14.2. The van der Waals surface area contributed by atoms with Gasteiger partial charge in [-0.2, -0.15) is 0 Å². The van der Waals surface area contributed by atoms with E-state index in [1.54, 1.807) is 0 Å². The van der Waals surface area contributed by atoms with Crippen molar-refractivity contribution in [2.75, 3.05) is 32.7 Å². The third-order valence-electron chi connectivity index (χ3n) is 6.04. The van der Waals surface area contributed by atoms with E-state index >= 15 is 0 Å². The van der Waals surface area contributed by atoms with E-state index in [0.717, 1.165) is 18.0 Å². The van der Waals surface area contributed by atoms with Crippen molar-refractivity contribution < 1.29 is 0 Å². The fourth-order valence-corrected chi connectivity index (χ4v) is 4.52. The highest BCUT2D eigenvalue weighted by atomic mass is 15.2. The maximum absolute atomic E-state index is 3.64. The number of piperidine rings is 2. The van der Waals surface area contributed by atoms with Crippen LogP contribution < -0.4 is 5.32 Å². The summed E-state index contributed by atoms with van der Waals surface area (Å²) in [7, 11) is 0. The molecule has 2 aliphatic heterocycles. The molecule has 0 amide bonds. The number of hydrogen-bond acceptors (Lipinski definition) is 3. The Labute approximate surface area is 131 Å². The van der Waals surface area contributed by atoms with Crippen LogP contribution in [-0.4, -0.2) is 60.6 Å². The highest BCUT2D eigenvalue weighted by Gasteiger charge is 2.37. The van der Waals surface area contributed by atoms with E-state index in [-0.39, 0.29) is 0 Å². The van der Waals surface area contributed by atoms with Crippen LogP contribution in [0.15, 0.2) is 0 Å². The lowest BCUT2D eigenvalue weighted by molar-refractivity contribution is 0.0158. The third kappa shape index (κ3) is 4.00. The van der Waals surface area contributed by atoms with E-state index in [9.17, 15) is 0 Å². The summed E-state index contributed by atoms with van der Waals surface area (Å²) < 4.78 is 0. The van der Waals surface area contributed by atoms with Crippen LogP contribution in [0.1, 0.15) is 58.8 Å². The van der Waals surface area contributed by atoms with Gasteiger partial charge in [0.25, 0.3) is 0 Å². The zero-order chi connectivity index (χ0) is 14.7. The molecule has 1 aliphatic carbocycles. The Hall–Kier alpha value is -0.120. The van der Waals surface area contributed by atoms with Gasteiger partial charge in [0.2, 0.25) is 0 Å². The Morgan fingerprint density at radius 1 is 0.857 bits per heavy atom. The molecule has 2 saturated heterocycles. The molecule has 0 radical (unpaired) electrons. The first-order valence-corrected chi connectivity index (χ1v) is 9.45. The Kier molecular flexibility index (Phi) is 5.58. The van der Waals surface area contributed by atoms with Crippen molar-refractivity contribution in [1.29, 1.82) is 0 Å². The second-order valence-corrected chi connectivity index (χ2v) is 7.83. The first-order chi connectivity index (χ1) is 10.2. The molecule has 1 saturated carbocycles. The van der Waals surface area contributed by atoms with Crippen LogP contribution >= 0.6 is 0 Å². The minimum absolute atomic E-state index is 0.635. The first kappa shape index (κ1) is 15.8. The van der Waals surface area contributed by atoms with Gasteiger partial charge in [-0.05, 0) is 77.2 Å². The predicted octanol–water partition coefficient (Wildman–Crippen LogP) is 2.71. The molecule has 21 heavy (non-hydrogen) atoms. The molecule has 0 bridgehead atoms. The Morgan fingerprint density at radius 3 is 2.14 bits per heavy atom. The van der Waals surface area contributed by atoms with Gasteiger partial charge in [0.05, 0.1) is 0 Å². The molecule has 0 aromatic rings. The molecule has 2 unspecified atom stereocenters. The number of likely N-dealkylation sites (tertiary alicyclic amines) is 2. The quantitative estimate of drug-likeness (QED) is 0.841. The van der Waals surface area contributed by atoms with Gasteiger partial charge in [0.1, 0.15) is 0 Å². The molecule has 122 valence electrons. The molecule has 1 N–H and O–H groups in total. The van der Waals surface area contributed by atoms with Gasteiger partial charge < -0.3 is 10.2 Å². The van der Waals surface area contributed by atoms with Crippen molar-refractivity contribution in [3.63, 3.8) is 0 Å². The Bertz CT molecular complexity index is 304. The SMILES string of the molecule is CC(C)NCC1CCC1N1CCC(N2CCCCC2)CC1. The molecule has 3 rings (SSSR count). The van der Waals surface area contributed by atoms with Gasteiger partial charge >= 0.3 is 0 Å². The van der Waals surface area contributed by atoms with E-state index in [0.29, 0.717) is 6.04 Å². The maximum Gasteiger partial charge on any atom is 0.0136 e. The van der Waals surface area contributed by atoms with Gasteiger partial charge in [-0.1, -0.05) is 20.3 Å². The molecule has 3 nitrogen and oxygen atoms in total. The lowest BCUT2D eigenvalue weighted by atomic mass is 9.77. The number of hydrogen-bond donors (Lipinski definition) is 1. The third-order valence-corrected chi connectivity index (χ3v) is 6.04. The second kappa shape index (κ2) is 7.43. The molecular formula is C18H35N3. The minimum Gasteiger partial charge on any atom is -0.314 e. The van der Waals surface area contributed by atoms with Crippen molar-refractivity contribution in [3.05, 3.63) is 0 Å². The van der Waals surface area contributed by atoms with E-state index in [1.807, 2.05) is 0 Å². The van der Waals surface area contributed by atoms with Crippen molar-refractivity contribution >= 4 is 0 Å². The fourth-order valence-electron chi connectivity index (χ4n) is 4.52. The summed E-state index contributed by atoms with van der Waals surface area (Å²) in [5.41, 5.74) is 0. The average Bonchev–Trinajstić information content (AvgIpc) is 2.48. The summed E-state index contributed by atoms with van der Waals surface area (Å²) >= 11 is 0. The number of rotatable bonds is 5. The molecule has 2 heterocycles. The van der Waals surface area contributed by atoms with E-state index in [2.05, 4.69) is 29.0 Å². The molecule has 0 aromatic heterocycles. The smallest absolute Gasteiger partial charge is 0.0136 e. The van der Waals surface area contributed by atoms with Gasteiger partial charge in [0, 0.05) is 18.1 Å². The Balaban J connectivity index is 1.41. The normalized spacial score (nSPS) is 33.3. The van der Waals surface area contributed by atoms with Crippen molar-refractivity contribution in [3.8, 4) is 0 Å². The second-order valence-electron chi connectivity index (χ2n) is 7.83. The summed E-state index contributed by atoms with van der Waals surface area (Å²) in [6.07, 6.45) is 10.1. The summed E-state index contributed by atoms with van der Waals surface area (Å²) in [5.74, 6) is 0.916. The van der Waals surface area contributed by atoms with Crippen LogP contribution in [0.3, 0.4) is 0 Å². The van der Waals surface area contributed by atoms with Crippen LogP contribution in [0.4, 0.5) is 0 Å². The first-order valence-electron chi connectivity index (χ1n) is 9.45. The van der Waals surface area contributed by atoms with Crippen LogP contribution in [0.25, 0.3) is 0 Å². The van der Waals surface area contributed by atoms with Crippen LogP contribution in [0.5, 0.6) is 0 Å². The van der Waals surface area contributed by atoms with Gasteiger partial charge in [-0.25, -0.2) is 0 Å². The summed E-state index contributed by atoms with van der Waals surface area (Å²) in [6, 6.07) is 2.42. The number of nitrogens with zero attached hydrogens (tertiary/aromatic N) is 2. The van der Waals surface area contributed by atoms with Crippen LogP contribution in [0.2, 0.25) is 0 Å². The molecule has 2 atom stereocenters. The topological polar surface area (TPSA) is 18.5 Å². The van der Waals surface area contributed by atoms with E-state index in [4.69, 9.17) is 0 Å². The zero-order valence-electron chi connectivity index (χ0n) is 14.2. The average molecular weight is 293 g/mol. The molecule has 0 spiro atoms. The fraction of sp³-hybridized carbons (Fsp3) is 1.00. The number of nitrogens with one attached hydrogen (secondary N) is 1. The summed E-state index contributed by atoms with van der Waals surface area (Å²) in [6.45, 7) is 11.2. The van der Waals surface area contributed by atoms with Crippen molar-refractivity contribution in [1.82, 2.24) is 15.1 Å². The largest absolute Gasteiger partial charge is 0.314 e. The van der Waals surface area contributed by atoms with Crippen LogP contribution in [-0.2, 0) is 0 Å². The molecule has 3 fully saturated rings. The summed E-state index contributed by atoms with van der Waals surface area (Å²) in [5, 5.41) is 3.64. The lowest BCUT2D eigenvalue weighted by Gasteiger charge is -2.49. The van der Waals surface area contributed by atoms with Crippen LogP contribution in [0, 0.1) is 5.92 Å². The highest BCUT2D eigenvalue weighted by Crippen LogP contribution is 2.34. The van der Waals surface area contributed by atoms with Crippen molar-refractivity contribution in [2.24, 2.45) is 5.92 Å². The minimum atomic E-state index is 0.635. The highest BCUT2D eigenvalue weighted by molar-refractivity contribution is 4.93. The standard InChI is InChI=1S/C18H35N3/c1-15(2)19-14-16-6-7-18(16)21-12-8-17(9-13-21)20-10-4-3-5-11-20/h15-19H,3-14H2,1-2H3. The van der Waals surface area contributed by atoms with Gasteiger partial charge in [-0.15, -0.1) is 0 Å². The molecule has 0 aromatic carbocycles. The van der Waals surface area contributed by atoms with E-state index in [1.165, 1.54) is 77.7 Å². The van der Waals surface area contributed by atoms with E-state index < -0.39 is 0 Å². The lowest BCUT2D eigenvalue weighted by Crippen LogP contribution is -2.55. The summed E-state index contributed by atoms with van der Waals surface area (Å²) in [4.78, 5) is 5.61.